The first-order valence-electron chi connectivity index (χ1n) is 9.43. The number of nitrogens with zero attached hydrogens (tertiary/aromatic N) is 2. The van der Waals surface area contributed by atoms with Crippen LogP contribution in [-0.2, 0) is 11.2 Å². The van der Waals surface area contributed by atoms with E-state index in [2.05, 4.69) is 0 Å². The Balaban J connectivity index is 1.38. The molecule has 7 heteroatoms. The number of amides is 2. The van der Waals surface area contributed by atoms with Crippen molar-refractivity contribution in [1.29, 1.82) is 0 Å². The van der Waals surface area contributed by atoms with E-state index in [0.29, 0.717) is 49.0 Å². The van der Waals surface area contributed by atoms with Gasteiger partial charge in [-0.2, -0.15) is 0 Å². The van der Waals surface area contributed by atoms with Gasteiger partial charge in [-0.25, -0.2) is 0 Å². The van der Waals surface area contributed by atoms with Crippen LogP contribution >= 0.6 is 11.6 Å². The molecule has 2 amide bonds. The van der Waals surface area contributed by atoms with Crippen LogP contribution in [0.3, 0.4) is 0 Å². The Bertz CT molecular complexity index is 1040. The van der Waals surface area contributed by atoms with Gasteiger partial charge in [-0.05, 0) is 29.8 Å². The highest BCUT2D eigenvalue weighted by Crippen LogP contribution is 2.29. The summed E-state index contributed by atoms with van der Waals surface area (Å²) in [6, 6.07) is 14.5. The Morgan fingerprint density at radius 3 is 2.41 bits per heavy atom. The molecule has 0 aliphatic carbocycles. The number of hydrogen-bond donors (Lipinski definition) is 0. The number of benzene rings is 2. The minimum Gasteiger partial charge on any atom is -0.493 e. The fourth-order valence-corrected chi connectivity index (χ4v) is 3.63. The summed E-state index contributed by atoms with van der Waals surface area (Å²) in [7, 11) is 1.57. The van der Waals surface area contributed by atoms with Crippen LogP contribution < -0.4 is 4.74 Å². The number of carbonyl (C=O) groups is 2. The van der Waals surface area contributed by atoms with Gasteiger partial charge in [0.25, 0.3) is 5.91 Å². The first-order chi connectivity index (χ1) is 14.0. The highest BCUT2D eigenvalue weighted by Gasteiger charge is 2.27. The van der Waals surface area contributed by atoms with Crippen LogP contribution in [-0.4, -0.2) is 54.9 Å². The van der Waals surface area contributed by atoms with Crippen LogP contribution in [0.25, 0.3) is 11.0 Å². The van der Waals surface area contributed by atoms with Crippen LogP contribution in [0, 0.1) is 0 Å². The van der Waals surface area contributed by atoms with E-state index in [1.165, 1.54) is 0 Å². The second-order valence-electron chi connectivity index (χ2n) is 6.97. The Kier molecular flexibility index (Phi) is 5.45. The summed E-state index contributed by atoms with van der Waals surface area (Å²) in [5.41, 5.74) is 1.49. The van der Waals surface area contributed by atoms with E-state index in [-0.39, 0.29) is 17.6 Å². The average Bonchev–Trinajstić information content (AvgIpc) is 3.19. The zero-order valence-electron chi connectivity index (χ0n) is 16.1. The number of halogens is 1. The molecular formula is C22H21ClN2O4. The normalized spacial score (nSPS) is 14.3. The Labute approximate surface area is 173 Å². The molecular weight excluding hydrogens is 392 g/mol. The molecule has 0 radical (unpaired) electrons. The number of piperazine rings is 1. The molecule has 0 spiro atoms. The topological polar surface area (TPSA) is 63.0 Å². The average molecular weight is 413 g/mol. The van der Waals surface area contributed by atoms with Gasteiger partial charge in [0.05, 0.1) is 13.5 Å². The summed E-state index contributed by atoms with van der Waals surface area (Å²) in [4.78, 5) is 28.9. The lowest BCUT2D eigenvalue weighted by Crippen LogP contribution is -2.50. The molecule has 2 heterocycles. The number of rotatable bonds is 4. The molecule has 4 rings (SSSR count). The summed E-state index contributed by atoms with van der Waals surface area (Å²) in [5.74, 6) is 0.755. The van der Waals surface area contributed by atoms with E-state index in [1.807, 2.05) is 24.3 Å². The number of hydrogen-bond acceptors (Lipinski definition) is 4. The van der Waals surface area contributed by atoms with E-state index in [0.717, 1.165) is 10.9 Å². The van der Waals surface area contributed by atoms with E-state index in [1.54, 1.807) is 41.2 Å². The first kappa shape index (κ1) is 19.3. The van der Waals surface area contributed by atoms with Crippen molar-refractivity contribution in [2.24, 2.45) is 0 Å². The lowest BCUT2D eigenvalue weighted by Gasteiger charge is -2.34. The van der Waals surface area contributed by atoms with Crippen LogP contribution in [0.4, 0.5) is 0 Å². The molecule has 2 aromatic carbocycles. The molecule has 0 bridgehead atoms. The zero-order valence-corrected chi connectivity index (χ0v) is 16.8. The summed E-state index contributed by atoms with van der Waals surface area (Å²) in [6.45, 7) is 1.95. The smallest absolute Gasteiger partial charge is 0.289 e. The molecule has 6 nitrogen and oxygen atoms in total. The van der Waals surface area contributed by atoms with Gasteiger partial charge in [-0.3, -0.25) is 9.59 Å². The van der Waals surface area contributed by atoms with E-state index >= 15 is 0 Å². The Morgan fingerprint density at radius 1 is 1.03 bits per heavy atom. The van der Waals surface area contributed by atoms with Crippen molar-refractivity contribution >= 4 is 34.4 Å². The molecule has 0 unspecified atom stereocenters. The van der Waals surface area contributed by atoms with Gasteiger partial charge >= 0.3 is 0 Å². The summed E-state index contributed by atoms with van der Waals surface area (Å²) in [6.07, 6.45) is 0.328. The van der Waals surface area contributed by atoms with Crippen molar-refractivity contribution < 1.29 is 18.7 Å². The van der Waals surface area contributed by atoms with Crippen molar-refractivity contribution in [3.63, 3.8) is 0 Å². The number of furan rings is 1. The predicted octanol–water partition coefficient (Wildman–Crippen LogP) is 3.62. The van der Waals surface area contributed by atoms with Gasteiger partial charge in [0.2, 0.25) is 5.91 Å². The molecule has 150 valence electrons. The number of fused-ring (bicyclic) bond motifs is 1. The monoisotopic (exact) mass is 412 g/mol. The molecule has 3 aromatic rings. The van der Waals surface area contributed by atoms with E-state index in [9.17, 15) is 9.59 Å². The molecule has 29 heavy (non-hydrogen) atoms. The maximum Gasteiger partial charge on any atom is 0.289 e. The quantitative estimate of drug-likeness (QED) is 0.656. The predicted molar refractivity (Wildman–Crippen MR) is 110 cm³/mol. The number of carbonyl (C=O) groups excluding carboxylic acids is 2. The van der Waals surface area contributed by atoms with Crippen LogP contribution in [0.1, 0.15) is 16.1 Å². The van der Waals surface area contributed by atoms with Crippen LogP contribution in [0.2, 0.25) is 5.02 Å². The molecule has 0 saturated carbocycles. The minimum atomic E-state index is -0.173. The summed E-state index contributed by atoms with van der Waals surface area (Å²) >= 11 is 5.89. The largest absolute Gasteiger partial charge is 0.493 e. The fraction of sp³-hybridized carbons (Fsp3) is 0.273. The van der Waals surface area contributed by atoms with Crippen molar-refractivity contribution in [3.05, 3.63) is 64.9 Å². The van der Waals surface area contributed by atoms with Crippen molar-refractivity contribution in [2.75, 3.05) is 33.3 Å². The Morgan fingerprint density at radius 2 is 1.72 bits per heavy atom. The van der Waals surface area contributed by atoms with Gasteiger partial charge in [0.1, 0.15) is 0 Å². The standard InChI is InChI=1S/C22H21ClN2O4/c1-28-18-4-2-3-16-14-19(29-21(16)18)22(27)25-11-9-24(10-12-25)20(26)13-15-5-7-17(23)8-6-15/h2-8,14H,9-13H2,1H3. The first-order valence-corrected chi connectivity index (χ1v) is 9.81. The van der Waals surface area contributed by atoms with Gasteiger partial charge in [0, 0.05) is 36.6 Å². The van der Waals surface area contributed by atoms with Crippen molar-refractivity contribution in [3.8, 4) is 5.75 Å². The van der Waals surface area contributed by atoms with Gasteiger partial charge in [-0.1, -0.05) is 35.9 Å². The van der Waals surface area contributed by atoms with Gasteiger partial charge in [-0.15, -0.1) is 0 Å². The highest BCUT2D eigenvalue weighted by atomic mass is 35.5. The minimum absolute atomic E-state index is 0.0490. The number of ether oxygens (including phenoxy) is 1. The third-order valence-corrected chi connectivity index (χ3v) is 5.38. The lowest BCUT2D eigenvalue weighted by molar-refractivity contribution is -0.131. The second kappa shape index (κ2) is 8.17. The molecule has 1 aliphatic heterocycles. The highest BCUT2D eigenvalue weighted by molar-refractivity contribution is 6.30. The van der Waals surface area contributed by atoms with Gasteiger partial charge < -0.3 is 19.0 Å². The third-order valence-electron chi connectivity index (χ3n) is 5.13. The zero-order chi connectivity index (χ0) is 20.4. The van der Waals surface area contributed by atoms with Crippen LogP contribution in [0.5, 0.6) is 5.75 Å². The maximum atomic E-state index is 12.8. The molecule has 0 N–H and O–H groups in total. The molecule has 1 saturated heterocycles. The van der Waals surface area contributed by atoms with Gasteiger partial charge in [0.15, 0.2) is 17.1 Å². The maximum absolute atomic E-state index is 12.8. The molecule has 1 aromatic heterocycles. The molecule has 0 atom stereocenters. The summed E-state index contributed by atoms with van der Waals surface area (Å²) in [5, 5.41) is 1.47. The lowest BCUT2D eigenvalue weighted by atomic mass is 10.1. The fourth-order valence-electron chi connectivity index (χ4n) is 3.51. The van der Waals surface area contributed by atoms with Crippen molar-refractivity contribution in [2.45, 2.75) is 6.42 Å². The molecule has 1 aliphatic rings. The number of methoxy groups -OCH3 is 1. The summed E-state index contributed by atoms with van der Waals surface area (Å²) < 4.78 is 11.1. The van der Waals surface area contributed by atoms with Crippen molar-refractivity contribution in [1.82, 2.24) is 9.80 Å². The third kappa shape index (κ3) is 4.07. The van der Waals surface area contributed by atoms with E-state index in [4.69, 9.17) is 20.8 Å². The SMILES string of the molecule is COc1cccc2cc(C(=O)N3CCN(C(=O)Cc4ccc(Cl)cc4)CC3)oc12. The number of para-hydroxylation sites is 1. The van der Waals surface area contributed by atoms with E-state index < -0.39 is 0 Å². The molecule has 1 fully saturated rings. The van der Waals surface area contributed by atoms with Crippen LogP contribution in [0.15, 0.2) is 52.9 Å². The Hall–Kier alpha value is -2.99. The second-order valence-corrected chi connectivity index (χ2v) is 7.40.